The molecule has 1 saturated heterocycles. The predicted octanol–water partition coefficient (Wildman–Crippen LogP) is 5.23. The fourth-order valence-corrected chi connectivity index (χ4v) is 9.16. The van der Waals surface area contributed by atoms with Crippen molar-refractivity contribution in [2.24, 2.45) is 33.7 Å². The van der Waals surface area contributed by atoms with Gasteiger partial charge in [0.25, 0.3) is 5.91 Å². The van der Waals surface area contributed by atoms with Gasteiger partial charge in [-0.2, -0.15) is 0 Å². The Kier molecular flexibility index (Phi) is 12.8. The van der Waals surface area contributed by atoms with Crippen LogP contribution in [-0.4, -0.2) is 89.0 Å². The molecular weight excluding hydrogens is 757 g/mol. The Morgan fingerprint density at radius 1 is 0.983 bits per heavy atom. The van der Waals surface area contributed by atoms with Crippen molar-refractivity contribution in [3.8, 4) is 17.2 Å². The Morgan fingerprint density at radius 2 is 1.68 bits per heavy atom. The molecule has 1 amide bonds. The highest BCUT2D eigenvalue weighted by atomic mass is 16.6. The Hall–Kier alpha value is -4.63. The third-order valence-corrected chi connectivity index (χ3v) is 12.1. The molecule has 4 unspecified atom stereocenters. The summed E-state index contributed by atoms with van der Waals surface area (Å²) in [5.74, 6) is -4.39. The third-order valence-electron chi connectivity index (χ3n) is 12.1. The van der Waals surface area contributed by atoms with Crippen molar-refractivity contribution in [1.82, 2.24) is 5.32 Å². The van der Waals surface area contributed by atoms with E-state index in [-0.39, 0.29) is 68.2 Å². The molecule has 5 N–H and O–H groups in total. The number of nitrogens with one attached hydrogen (secondary N) is 2. The largest absolute Gasteiger partial charge is 0.507 e. The first-order valence-electron chi connectivity index (χ1n) is 20.7. The molecule has 0 radical (unpaired) electrons. The van der Waals surface area contributed by atoms with Gasteiger partial charge in [0, 0.05) is 61.7 Å². The zero-order valence-electron chi connectivity index (χ0n) is 35.8. The number of hydrogen-bond acceptors (Lipinski definition) is 13. The van der Waals surface area contributed by atoms with E-state index in [0.29, 0.717) is 43.6 Å². The first kappa shape index (κ1) is 43.9. The second-order valence-corrected chi connectivity index (χ2v) is 17.4. The van der Waals surface area contributed by atoms with Gasteiger partial charge in [0.1, 0.15) is 34.0 Å². The molecule has 1 spiro atoms. The lowest BCUT2D eigenvalue weighted by Gasteiger charge is -2.41. The minimum Gasteiger partial charge on any atom is -0.507 e. The average Bonchev–Trinajstić information content (AvgIpc) is 3.70. The molecule has 6 rings (SSSR count). The summed E-state index contributed by atoms with van der Waals surface area (Å²) in [4.78, 5) is 50.3. The van der Waals surface area contributed by atoms with Crippen LogP contribution in [0.25, 0.3) is 10.8 Å². The molecule has 14 heteroatoms. The van der Waals surface area contributed by atoms with E-state index in [0.717, 1.165) is 0 Å². The fraction of sp³-hybridized carbons (Fsp3) is 0.578. The molecule has 1 fully saturated rings. The molecule has 2 aromatic rings. The molecule has 4 heterocycles. The number of aromatic hydroxyl groups is 2. The van der Waals surface area contributed by atoms with E-state index in [1.807, 2.05) is 39.8 Å². The number of fused-ring (bicyclic) bond motifs is 1. The van der Waals surface area contributed by atoms with Gasteiger partial charge >= 0.3 is 5.97 Å². The van der Waals surface area contributed by atoms with Gasteiger partial charge in [-0.3, -0.25) is 19.4 Å². The number of aliphatic hydroxyl groups is 1. The number of carbonyl (C=O) groups excluding carboxylic acids is 3. The first-order chi connectivity index (χ1) is 27.8. The molecule has 4 aliphatic rings. The van der Waals surface area contributed by atoms with Crippen LogP contribution in [0.5, 0.6) is 17.2 Å². The third kappa shape index (κ3) is 8.82. The maximum Gasteiger partial charge on any atom is 0.302 e. The van der Waals surface area contributed by atoms with Gasteiger partial charge in [-0.25, -0.2) is 4.99 Å². The van der Waals surface area contributed by atoms with Crippen LogP contribution in [0.1, 0.15) is 97.0 Å². The Labute approximate surface area is 345 Å². The molecule has 4 aliphatic heterocycles. The average molecular weight is 817 g/mol. The number of nitrogens with zero attached hydrogens (tertiary/aromatic N) is 2. The van der Waals surface area contributed by atoms with Gasteiger partial charge in [0.15, 0.2) is 17.6 Å². The quantitative estimate of drug-likeness (QED) is 0.117. The summed E-state index contributed by atoms with van der Waals surface area (Å²) >= 11 is 0. The van der Waals surface area contributed by atoms with E-state index in [2.05, 4.69) is 15.6 Å². The van der Waals surface area contributed by atoms with Crippen LogP contribution >= 0.6 is 0 Å². The lowest BCUT2D eigenvalue weighted by molar-refractivity contribution is -0.238. The second-order valence-electron chi connectivity index (χ2n) is 17.4. The highest BCUT2D eigenvalue weighted by Crippen LogP contribution is 2.49. The zero-order chi connectivity index (χ0) is 43.1. The Balaban J connectivity index is 1.53. The molecule has 0 saturated carbocycles. The molecular formula is C45H60N4O10. The Morgan fingerprint density at radius 3 is 2.32 bits per heavy atom. The summed E-state index contributed by atoms with van der Waals surface area (Å²) < 4.78 is 24.6. The summed E-state index contributed by atoms with van der Waals surface area (Å²) in [6, 6.07) is 0. The molecule has 14 nitrogen and oxygen atoms in total. The number of amides is 1. The number of piperidine rings is 1. The molecule has 0 aromatic heterocycles. The van der Waals surface area contributed by atoms with Gasteiger partial charge < -0.3 is 44.9 Å². The molecule has 59 heavy (non-hydrogen) atoms. The van der Waals surface area contributed by atoms with E-state index in [4.69, 9.17) is 23.9 Å². The highest BCUT2D eigenvalue weighted by molar-refractivity contribution is 6.21. The Bertz CT molecular complexity index is 2220. The van der Waals surface area contributed by atoms with E-state index < -0.39 is 65.3 Å². The van der Waals surface area contributed by atoms with Crippen LogP contribution in [0.2, 0.25) is 0 Å². The minimum atomic E-state index is -1.48. The number of rotatable bonds is 4. The smallest absolute Gasteiger partial charge is 0.302 e. The first-order valence-corrected chi connectivity index (χ1v) is 20.7. The number of allylic oxidation sites excluding steroid dienone is 3. The fourth-order valence-electron chi connectivity index (χ4n) is 9.16. The van der Waals surface area contributed by atoms with Crippen molar-refractivity contribution in [1.29, 1.82) is 0 Å². The van der Waals surface area contributed by atoms with Crippen LogP contribution in [0.3, 0.4) is 0 Å². The monoisotopic (exact) mass is 816 g/mol. The van der Waals surface area contributed by atoms with E-state index in [1.165, 1.54) is 6.92 Å². The number of phenols is 2. The second kappa shape index (κ2) is 17.2. The van der Waals surface area contributed by atoms with Gasteiger partial charge in [0.05, 0.1) is 28.8 Å². The maximum absolute atomic E-state index is 14.5. The van der Waals surface area contributed by atoms with Crippen LogP contribution in [0, 0.1) is 30.6 Å². The van der Waals surface area contributed by atoms with Crippen molar-refractivity contribution in [3.05, 3.63) is 57.8 Å². The predicted molar refractivity (Wildman–Crippen MR) is 222 cm³/mol. The maximum atomic E-state index is 14.5. The number of carbonyl (C=O) groups is 3. The molecule has 0 aliphatic carbocycles. The standard InChI is InChI=1S/C45H60N4O10/c1-22-13-11-14-23(2)43(54)47-36-35-34(48-45(49-35)17-19-46-20-18-45)31-32(39(36)53)37(51)26(5)42-33(31)38(52)30(58-42)16-12-15-29(56-10)25(4)41(57-28(7)50)27(6)40(24(3)21-22)59-44(8,9)55/h11-15,22,24-25,27,29-30,40-41,46,48,51,53,55H,16-21H2,1-10H3/b13-11+,15-12+,23-14-,47-36?/t22?,24-,25-,27-,29?,30-,40?,41?/m1/s1. The van der Waals surface area contributed by atoms with Gasteiger partial charge in [-0.15, -0.1) is 0 Å². The van der Waals surface area contributed by atoms with Crippen molar-refractivity contribution in [3.63, 3.8) is 0 Å². The van der Waals surface area contributed by atoms with E-state index >= 15 is 0 Å². The number of anilines is 1. The topological polar surface area (TPSA) is 198 Å². The van der Waals surface area contributed by atoms with Crippen LogP contribution in [0.15, 0.2) is 45.9 Å². The normalized spacial score (nSPS) is 30.8. The SMILES string of the molecule is COC1/C=C/C[C@H]2Oc3c(C)c(O)c4c(O)c(c5c(c4c3C2=O)NC2(CCNCC2)N=5)=NC(=O)/C(C)=C\C=C\C(C)C[C@@H](C)C(OC(C)(C)O)[C@@H](C)C(OC(C)=O)[C@@H]1C. The van der Waals surface area contributed by atoms with Gasteiger partial charge in [0.2, 0.25) is 5.78 Å². The molecule has 4 bridgehead atoms. The van der Waals surface area contributed by atoms with E-state index in [1.54, 1.807) is 53.0 Å². The summed E-state index contributed by atoms with van der Waals surface area (Å²) in [7, 11) is 1.56. The van der Waals surface area contributed by atoms with Gasteiger partial charge in [-0.05, 0) is 59.0 Å². The van der Waals surface area contributed by atoms with Gasteiger partial charge in [-0.1, -0.05) is 58.1 Å². The number of hydrogen-bond donors (Lipinski definition) is 5. The van der Waals surface area contributed by atoms with Crippen molar-refractivity contribution in [2.75, 3.05) is 25.5 Å². The molecule has 2 aromatic carbocycles. The number of Topliss-reactive ketones (excluding diaryl/α,β-unsaturated/α-hetero) is 1. The number of methoxy groups -OCH3 is 1. The van der Waals surface area contributed by atoms with Crippen LogP contribution in [0.4, 0.5) is 5.69 Å². The van der Waals surface area contributed by atoms with Crippen molar-refractivity contribution >= 4 is 34.1 Å². The van der Waals surface area contributed by atoms with E-state index in [9.17, 15) is 29.7 Å². The number of phenolic OH excluding ortho intramolecular Hbond substituents is 2. The van der Waals surface area contributed by atoms with Crippen LogP contribution in [-0.2, 0) is 23.8 Å². The minimum absolute atomic E-state index is 0.00231. The number of benzene rings is 2. The number of ketones is 1. The number of esters is 1. The molecule has 8 atom stereocenters. The molecule has 320 valence electrons. The van der Waals surface area contributed by atoms with Crippen molar-refractivity contribution < 1.29 is 48.7 Å². The lowest BCUT2D eigenvalue weighted by Crippen LogP contribution is -2.47. The zero-order valence-corrected chi connectivity index (χ0v) is 35.8. The lowest BCUT2D eigenvalue weighted by atomic mass is 9.79. The summed E-state index contributed by atoms with van der Waals surface area (Å²) in [5.41, 5.74) is 0.364. The summed E-state index contributed by atoms with van der Waals surface area (Å²) in [6.45, 7) is 17.0. The highest BCUT2D eigenvalue weighted by Gasteiger charge is 2.44. The van der Waals surface area contributed by atoms with Crippen molar-refractivity contribution in [2.45, 2.75) is 124 Å². The van der Waals surface area contributed by atoms with Crippen LogP contribution < -0.4 is 26.1 Å². The summed E-state index contributed by atoms with van der Waals surface area (Å²) in [6.07, 6.45) is 8.19. The number of ether oxygens (including phenoxy) is 4. The summed E-state index contributed by atoms with van der Waals surface area (Å²) in [5, 5.41) is 41.8.